The van der Waals surface area contributed by atoms with E-state index < -0.39 is 0 Å². The van der Waals surface area contributed by atoms with E-state index in [1.54, 1.807) is 11.1 Å². The minimum Gasteiger partial charge on any atom is -0.316 e. The van der Waals surface area contributed by atoms with Crippen LogP contribution in [0.1, 0.15) is 48.9 Å². The number of hydrogen-bond acceptors (Lipinski definition) is 2. The Labute approximate surface area is 109 Å². The quantitative estimate of drug-likeness (QED) is 0.858. The zero-order chi connectivity index (χ0) is 11.9. The fraction of sp³-hybridized carbons (Fsp3) is 0.625. The fourth-order valence-corrected chi connectivity index (χ4v) is 4.28. The topological polar surface area (TPSA) is 15.3 Å². The van der Waals surface area contributed by atoms with Crippen molar-refractivity contribution in [1.29, 1.82) is 0 Å². The molecule has 0 radical (unpaired) electrons. The lowest BCUT2D eigenvalue weighted by Gasteiger charge is -2.30. The van der Waals surface area contributed by atoms with Gasteiger partial charge in [0.25, 0.3) is 0 Å². The Morgan fingerprint density at radius 1 is 1.06 bits per heavy atom. The van der Waals surface area contributed by atoms with Crippen LogP contribution in [-0.4, -0.2) is 24.5 Å². The van der Waals surface area contributed by atoms with Crippen molar-refractivity contribution in [1.82, 2.24) is 10.2 Å². The summed E-state index contributed by atoms with van der Waals surface area (Å²) in [6.45, 7) is 3.76. The third-order valence-electron chi connectivity index (χ3n) is 5.10. The molecule has 1 N–H and O–H groups in total. The number of hydrogen-bond donors (Lipinski definition) is 1. The molecular weight excluding hydrogens is 220 g/mol. The lowest BCUT2D eigenvalue weighted by Crippen LogP contribution is -2.37. The van der Waals surface area contributed by atoms with Gasteiger partial charge >= 0.3 is 0 Å². The average Bonchev–Trinajstić information content (AvgIpc) is 2.96. The summed E-state index contributed by atoms with van der Waals surface area (Å²) in [5.74, 6) is 0.871. The molecule has 3 heterocycles. The Hall–Kier alpha value is -0.860. The van der Waals surface area contributed by atoms with Crippen LogP contribution < -0.4 is 5.32 Å². The van der Waals surface area contributed by atoms with Crippen LogP contribution >= 0.6 is 0 Å². The molecule has 0 aromatic heterocycles. The molecule has 2 heteroatoms. The first-order chi connectivity index (χ1) is 8.93. The molecule has 18 heavy (non-hydrogen) atoms. The monoisotopic (exact) mass is 242 g/mol. The van der Waals surface area contributed by atoms with Crippen molar-refractivity contribution in [2.75, 3.05) is 19.6 Å². The highest BCUT2D eigenvalue weighted by molar-refractivity contribution is 5.39. The minimum absolute atomic E-state index is 0.730. The minimum atomic E-state index is 0.730. The molecule has 2 nitrogen and oxygen atoms in total. The van der Waals surface area contributed by atoms with Gasteiger partial charge in [0.1, 0.15) is 0 Å². The van der Waals surface area contributed by atoms with Crippen molar-refractivity contribution in [2.24, 2.45) is 5.92 Å². The molecule has 0 aliphatic carbocycles. The second-order valence-electron chi connectivity index (χ2n) is 6.15. The zero-order valence-corrected chi connectivity index (χ0v) is 10.9. The molecule has 2 saturated heterocycles. The highest BCUT2D eigenvalue weighted by atomic mass is 15.2. The highest BCUT2D eigenvalue weighted by Gasteiger charge is 2.43. The predicted molar refractivity (Wildman–Crippen MR) is 73.5 cm³/mol. The van der Waals surface area contributed by atoms with Crippen LogP contribution in [0, 0.1) is 5.92 Å². The molecule has 0 amide bonds. The summed E-state index contributed by atoms with van der Waals surface area (Å²) in [5.41, 5.74) is 3.25. The first-order valence-corrected chi connectivity index (χ1v) is 7.49. The van der Waals surface area contributed by atoms with E-state index in [1.807, 2.05) is 0 Å². The zero-order valence-electron chi connectivity index (χ0n) is 10.9. The third kappa shape index (κ3) is 1.63. The van der Waals surface area contributed by atoms with E-state index >= 15 is 0 Å². The first-order valence-electron chi connectivity index (χ1n) is 7.49. The maximum absolute atomic E-state index is 3.55. The van der Waals surface area contributed by atoms with Gasteiger partial charge in [0.2, 0.25) is 0 Å². The van der Waals surface area contributed by atoms with E-state index in [0.717, 1.165) is 18.0 Å². The number of nitrogens with one attached hydrogen (secondary N) is 1. The van der Waals surface area contributed by atoms with Crippen molar-refractivity contribution in [3.63, 3.8) is 0 Å². The number of rotatable bonds is 2. The number of fused-ring (bicyclic) bond motifs is 5. The van der Waals surface area contributed by atoms with E-state index in [2.05, 4.69) is 34.5 Å². The van der Waals surface area contributed by atoms with Crippen molar-refractivity contribution in [3.05, 3.63) is 35.4 Å². The van der Waals surface area contributed by atoms with Crippen molar-refractivity contribution in [3.8, 4) is 0 Å². The van der Waals surface area contributed by atoms with Crippen LogP contribution in [0.25, 0.3) is 0 Å². The van der Waals surface area contributed by atoms with Crippen molar-refractivity contribution in [2.45, 2.75) is 37.8 Å². The van der Waals surface area contributed by atoms with Crippen molar-refractivity contribution < 1.29 is 0 Å². The van der Waals surface area contributed by atoms with Crippen LogP contribution in [0.5, 0.6) is 0 Å². The highest BCUT2D eigenvalue weighted by Crippen LogP contribution is 2.53. The van der Waals surface area contributed by atoms with E-state index in [4.69, 9.17) is 0 Å². The molecule has 3 aliphatic rings. The summed E-state index contributed by atoms with van der Waals surface area (Å²) in [5, 5.41) is 3.55. The van der Waals surface area contributed by atoms with Gasteiger partial charge < -0.3 is 5.32 Å². The van der Waals surface area contributed by atoms with Gasteiger partial charge in [-0.15, -0.1) is 0 Å². The summed E-state index contributed by atoms with van der Waals surface area (Å²) >= 11 is 0. The Balaban J connectivity index is 1.55. The van der Waals surface area contributed by atoms with Gasteiger partial charge in [0.05, 0.1) is 0 Å². The Kier molecular flexibility index (Phi) is 2.66. The van der Waals surface area contributed by atoms with Gasteiger partial charge in [-0.25, -0.2) is 0 Å². The van der Waals surface area contributed by atoms with Crippen LogP contribution in [0.3, 0.4) is 0 Å². The third-order valence-corrected chi connectivity index (χ3v) is 5.10. The van der Waals surface area contributed by atoms with Crippen LogP contribution in [0.15, 0.2) is 24.3 Å². The number of benzene rings is 1. The molecule has 0 saturated carbocycles. The molecule has 0 spiro atoms. The molecule has 4 rings (SSSR count). The molecule has 2 bridgehead atoms. The molecule has 3 aliphatic heterocycles. The second-order valence-corrected chi connectivity index (χ2v) is 6.15. The number of nitrogens with zero attached hydrogens (tertiary/aromatic N) is 1. The van der Waals surface area contributed by atoms with E-state index in [0.29, 0.717) is 0 Å². The predicted octanol–water partition coefficient (Wildman–Crippen LogP) is 2.88. The molecular formula is C16H22N2. The van der Waals surface area contributed by atoms with Gasteiger partial charge in [0.15, 0.2) is 0 Å². The average molecular weight is 242 g/mol. The lowest BCUT2D eigenvalue weighted by molar-refractivity contribution is 0.170. The largest absolute Gasteiger partial charge is 0.316 e. The van der Waals surface area contributed by atoms with Gasteiger partial charge in [-0.2, -0.15) is 0 Å². The van der Waals surface area contributed by atoms with E-state index in [9.17, 15) is 0 Å². The summed E-state index contributed by atoms with van der Waals surface area (Å²) < 4.78 is 0. The van der Waals surface area contributed by atoms with Crippen LogP contribution in [0.4, 0.5) is 0 Å². The van der Waals surface area contributed by atoms with Gasteiger partial charge in [-0.1, -0.05) is 24.3 Å². The molecule has 1 aromatic carbocycles. The lowest BCUT2D eigenvalue weighted by atomic mass is 9.92. The molecule has 3 atom stereocenters. The normalized spacial score (nSPS) is 34.8. The van der Waals surface area contributed by atoms with E-state index in [-0.39, 0.29) is 0 Å². The summed E-state index contributed by atoms with van der Waals surface area (Å²) in [4.78, 5) is 2.79. The smallest absolute Gasteiger partial charge is 0.0358 e. The molecule has 3 unspecified atom stereocenters. The molecule has 2 fully saturated rings. The molecule has 1 aromatic rings. The van der Waals surface area contributed by atoms with Crippen LogP contribution in [0.2, 0.25) is 0 Å². The van der Waals surface area contributed by atoms with Crippen molar-refractivity contribution >= 4 is 0 Å². The Bertz CT molecular complexity index is 405. The summed E-state index contributed by atoms with van der Waals surface area (Å²) in [6.07, 6.45) is 5.53. The van der Waals surface area contributed by atoms with E-state index in [1.165, 1.54) is 45.3 Å². The fourth-order valence-electron chi connectivity index (χ4n) is 4.28. The summed E-state index contributed by atoms with van der Waals surface area (Å²) in [7, 11) is 0. The standard InChI is InChI=1S/C16H22N2/c1-2-6-14-13(5-1)15-7-8-16(14)18(15)11-12-4-3-9-17-10-12/h1-2,5-6,12,15-17H,3-4,7-11H2. The SMILES string of the molecule is c1ccc2c(c1)C1CCC2N1CC1CCCNC1. The van der Waals surface area contributed by atoms with Gasteiger partial charge in [-0.05, 0) is 55.8 Å². The van der Waals surface area contributed by atoms with Gasteiger partial charge in [-0.3, -0.25) is 4.90 Å². The Morgan fingerprint density at radius 2 is 1.78 bits per heavy atom. The maximum Gasteiger partial charge on any atom is 0.0358 e. The first kappa shape index (κ1) is 11.0. The van der Waals surface area contributed by atoms with Gasteiger partial charge in [0, 0.05) is 18.6 Å². The Morgan fingerprint density at radius 3 is 2.39 bits per heavy atom. The number of piperidine rings is 1. The van der Waals surface area contributed by atoms with Crippen LogP contribution in [-0.2, 0) is 0 Å². The maximum atomic E-state index is 3.55. The second kappa shape index (κ2) is 4.36. The summed E-state index contributed by atoms with van der Waals surface area (Å²) in [6, 6.07) is 10.6. The molecule has 96 valence electrons.